The van der Waals surface area contributed by atoms with Gasteiger partial charge in [0, 0.05) is 5.56 Å². The molecular formula is C13H14N2O4. The van der Waals surface area contributed by atoms with E-state index in [4.69, 9.17) is 14.3 Å². The summed E-state index contributed by atoms with van der Waals surface area (Å²) in [6.07, 6.45) is -0.908. The molecule has 1 aromatic heterocycles. The third-order valence-corrected chi connectivity index (χ3v) is 2.54. The first-order valence-electron chi connectivity index (χ1n) is 5.80. The fourth-order valence-corrected chi connectivity index (χ4v) is 1.47. The molecule has 19 heavy (non-hydrogen) atoms. The van der Waals surface area contributed by atoms with E-state index in [2.05, 4.69) is 10.2 Å². The second-order valence-electron chi connectivity index (χ2n) is 4.16. The third-order valence-electron chi connectivity index (χ3n) is 2.54. The normalized spacial score (nSPS) is 12.3. The highest BCUT2D eigenvalue weighted by molar-refractivity contribution is 5.71. The minimum absolute atomic E-state index is 0.0215. The van der Waals surface area contributed by atoms with Gasteiger partial charge >= 0.3 is 5.97 Å². The molecule has 0 aliphatic carbocycles. The Morgan fingerprint density at radius 2 is 2.26 bits per heavy atom. The van der Waals surface area contributed by atoms with Gasteiger partial charge in [0.15, 0.2) is 6.10 Å². The first kappa shape index (κ1) is 13.2. The van der Waals surface area contributed by atoms with E-state index in [-0.39, 0.29) is 12.5 Å². The Labute approximate surface area is 110 Å². The molecule has 0 fully saturated rings. The van der Waals surface area contributed by atoms with Crippen molar-refractivity contribution in [2.75, 3.05) is 0 Å². The Balaban J connectivity index is 2.05. The van der Waals surface area contributed by atoms with E-state index >= 15 is 0 Å². The Morgan fingerprint density at radius 3 is 2.95 bits per heavy atom. The molecule has 0 spiro atoms. The van der Waals surface area contributed by atoms with Crippen molar-refractivity contribution in [1.29, 1.82) is 0 Å². The molecule has 6 nitrogen and oxygen atoms in total. The van der Waals surface area contributed by atoms with Gasteiger partial charge in [-0.2, -0.15) is 0 Å². The molecule has 0 aliphatic rings. The van der Waals surface area contributed by atoms with E-state index in [0.29, 0.717) is 5.89 Å². The zero-order valence-electron chi connectivity index (χ0n) is 10.7. The van der Waals surface area contributed by atoms with Crippen molar-refractivity contribution < 1.29 is 19.1 Å². The number of hydrogen-bond acceptors (Lipinski definition) is 5. The number of rotatable bonds is 5. The molecule has 1 aromatic carbocycles. The molecular weight excluding hydrogens is 248 g/mol. The molecule has 1 heterocycles. The van der Waals surface area contributed by atoms with E-state index < -0.39 is 12.1 Å². The highest BCUT2D eigenvalue weighted by Crippen LogP contribution is 2.19. The molecule has 0 saturated carbocycles. The van der Waals surface area contributed by atoms with E-state index in [1.807, 2.05) is 31.2 Å². The highest BCUT2D eigenvalue weighted by Gasteiger charge is 2.14. The van der Waals surface area contributed by atoms with Gasteiger partial charge in [0.25, 0.3) is 0 Å². The lowest BCUT2D eigenvalue weighted by molar-refractivity contribution is -0.150. The first-order valence-corrected chi connectivity index (χ1v) is 5.80. The van der Waals surface area contributed by atoms with Crippen LogP contribution in [0.1, 0.15) is 18.4 Å². The Hall–Kier alpha value is -2.21. The maximum atomic E-state index is 10.6. The summed E-state index contributed by atoms with van der Waals surface area (Å²) in [6.45, 7) is 3.39. The number of nitrogens with zero attached hydrogens (tertiary/aromatic N) is 2. The van der Waals surface area contributed by atoms with Gasteiger partial charge in [0.05, 0.1) is 0 Å². The average molecular weight is 262 g/mol. The van der Waals surface area contributed by atoms with Crippen LogP contribution >= 0.6 is 0 Å². The molecule has 1 N–H and O–H groups in total. The van der Waals surface area contributed by atoms with Crippen molar-refractivity contribution in [3.8, 4) is 11.5 Å². The summed E-state index contributed by atoms with van der Waals surface area (Å²) in [5.74, 6) is -0.381. The van der Waals surface area contributed by atoms with Crippen molar-refractivity contribution in [2.45, 2.75) is 26.6 Å². The topological polar surface area (TPSA) is 85.5 Å². The standard InChI is InChI=1S/C13H14N2O4/c1-8-4-3-5-10(6-8)12-15-14-11(19-12)7-18-9(2)13(16)17/h3-6,9H,7H2,1-2H3,(H,16,17)/t9-/m1/s1. The molecule has 0 amide bonds. The van der Waals surface area contributed by atoms with Gasteiger partial charge in [-0.3, -0.25) is 0 Å². The van der Waals surface area contributed by atoms with E-state index in [1.54, 1.807) is 0 Å². The van der Waals surface area contributed by atoms with Crippen LogP contribution in [0.15, 0.2) is 28.7 Å². The monoisotopic (exact) mass is 262 g/mol. The number of aryl methyl sites for hydroxylation is 1. The Bertz CT molecular complexity index is 580. The number of hydrogen-bond donors (Lipinski definition) is 1. The third kappa shape index (κ3) is 3.38. The van der Waals surface area contributed by atoms with Crippen molar-refractivity contribution in [1.82, 2.24) is 10.2 Å². The van der Waals surface area contributed by atoms with Crippen molar-refractivity contribution in [3.05, 3.63) is 35.7 Å². The zero-order valence-corrected chi connectivity index (χ0v) is 10.7. The van der Waals surface area contributed by atoms with Crippen LogP contribution in [-0.4, -0.2) is 27.4 Å². The number of benzene rings is 1. The second kappa shape index (κ2) is 5.62. The molecule has 0 unspecified atom stereocenters. The van der Waals surface area contributed by atoms with Crippen LogP contribution in [0.2, 0.25) is 0 Å². The molecule has 0 bridgehead atoms. The Morgan fingerprint density at radius 1 is 1.47 bits per heavy atom. The summed E-state index contributed by atoms with van der Waals surface area (Å²) in [5, 5.41) is 16.4. The molecule has 0 saturated heterocycles. The number of carboxylic acids is 1. The average Bonchev–Trinajstić information content (AvgIpc) is 2.84. The van der Waals surface area contributed by atoms with Crippen LogP contribution in [0.5, 0.6) is 0 Å². The quantitative estimate of drug-likeness (QED) is 0.887. The summed E-state index contributed by atoms with van der Waals surface area (Å²) in [6, 6.07) is 7.67. The number of ether oxygens (including phenoxy) is 1. The van der Waals surface area contributed by atoms with Crippen LogP contribution in [0.25, 0.3) is 11.5 Å². The van der Waals surface area contributed by atoms with Gasteiger partial charge in [-0.15, -0.1) is 10.2 Å². The summed E-state index contributed by atoms with van der Waals surface area (Å²) in [5.41, 5.74) is 1.91. The van der Waals surface area contributed by atoms with Gasteiger partial charge in [-0.1, -0.05) is 17.7 Å². The summed E-state index contributed by atoms with van der Waals surface area (Å²) < 4.78 is 10.5. The van der Waals surface area contributed by atoms with Crippen molar-refractivity contribution >= 4 is 5.97 Å². The Kier molecular flexibility index (Phi) is 3.91. The largest absolute Gasteiger partial charge is 0.479 e. The lowest BCUT2D eigenvalue weighted by Crippen LogP contribution is -2.19. The second-order valence-corrected chi connectivity index (χ2v) is 4.16. The molecule has 2 rings (SSSR count). The van der Waals surface area contributed by atoms with Gasteiger partial charge in [-0.25, -0.2) is 4.79 Å². The maximum Gasteiger partial charge on any atom is 0.332 e. The van der Waals surface area contributed by atoms with Crippen LogP contribution in [0.3, 0.4) is 0 Å². The van der Waals surface area contributed by atoms with E-state index in [0.717, 1.165) is 11.1 Å². The van der Waals surface area contributed by atoms with Gasteiger partial charge in [0.1, 0.15) is 6.61 Å². The van der Waals surface area contributed by atoms with Crippen molar-refractivity contribution in [3.63, 3.8) is 0 Å². The molecule has 6 heteroatoms. The van der Waals surface area contributed by atoms with Crippen LogP contribution < -0.4 is 0 Å². The number of carbonyl (C=O) groups is 1. The predicted molar refractivity (Wildman–Crippen MR) is 66.4 cm³/mol. The minimum Gasteiger partial charge on any atom is -0.479 e. The van der Waals surface area contributed by atoms with Crippen LogP contribution in [0, 0.1) is 6.92 Å². The smallest absolute Gasteiger partial charge is 0.332 e. The van der Waals surface area contributed by atoms with E-state index in [1.165, 1.54) is 6.92 Å². The fourth-order valence-electron chi connectivity index (χ4n) is 1.47. The first-order chi connectivity index (χ1) is 9.06. The highest BCUT2D eigenvalue weighted by atomic mass is 16.5. The summed E-state index contributed by atoms with van der Waals surface area (Å²) in [7, 11) is 0. The number of aliphatic carboxylic acids is 1. The van der Waals surface area contributed by atoms with Gasteiger partial charge < -0.3 is 14.3 Å². The molecule has 100 valence electrons. The molecule has 0 radical (unpaired) electrons. The van der Waals surface area contributed by atoms with Gasteiger partial charge in [0.2, 0.25) is 11.8 Å². The number of aromatic nitrogens is 2. The molecule has 1 atom stereocenters. The lowest BCUT2D eigenvalue weighted by Gasteiger charge is -2.04. The SMILES string of the molecule is Cc1cccc(-c2nnc(CO[C@H](C)C(=O)O)o2)c1. The number of carboxylic acid groups (broad SMARTS) is 1. The van der Waals surface area contributed by atoms with E-state index in [9.17, 15) is 4.79 Å². The lowest BCUT2D eigenvalue weighted by atomic mass is 10.1. The minimum atomic E-state index is -1.03. The zero-order chi connectivity index (χ0) is 13.8. The molecule has 2 aromatic rings. The van der Waals surface area contributed by atoms with Crippen LogP contribution in [0.4, 0.5) is 0 Å². The predicted octanol–water partition coefficient (Wildman–Crippen LogP) is 2.03. The maximum absolute atomic E-state index is 10.6. The van der Waals surface area contributed by atoms with Crippen LogP contribution in [-0.2, 0) is 16.1 Å². The fraction of sp³-hybridized carbons (Fsp3) is 0.308. The molecule has 0 aliphatic heterocycles. The summed E-state index contributed by atoms with van der Waals surface area (Å²) >= 11 is 0. The summed E-state index contributed by atoms with van der Waals surface area (Å²) in [4.78, 5) is 10.6. The van der Waals surface area contributed by atoms with Crippen molar-refractivity contribution in [2.24, 2.45) is 0 Å². The van der Waals surface area contributed by atoms with Gasteiger partial charge in [-0.05, 0) is 26.0 Å².